The Hall–Kier alpha value is -3.11. The van der Waals surface area contributed by atoms with E-state index in [-0.39, 0.29) is 11.5 Å². The zero-order valence-corrected chi connectivity index (χ0v) is 20.9. The average Bonchev–Trinajstić information content (AvgIpc) is 2.82. The fourth-order valence-corrected chi connectivity index (χ4v) is 4.76. The number of rotatable bonds is 5. The molecular formula is C27H34N4O3. The molecule has 0 spiro atoms. The maximum Gasteiger partial charge on any atom is 0.253 e. The van der Waals surface area contributed by atoms with Crippen LogP contribution in [0.1, 0.15) is 60.4 Å². The summed E-state index contributed by atoms with van der Waals surface area (Å²) in [6, 6.07) is 9.67. The van der Waals surface area contributed by atoms with Crippen LogP contribution in [0.15, 0.2) is 24.3 Å². The standard InChI is InChI=1S/C27H34N4O3/c1-18(2)14-24-23-17-34-27(3,4)15-21(23)22(16-28)25(29-24)30-10-12-31(13-11-30)26(32)19-6-8-20(33-5)9-7-19/h6-9,18H,10-15,17H2,1-5H3. The van der Waals surface area contributed by atoms with E-state index in [1.807, 2.05) is 4.90 Å². The molecule has 2 aliphatic rings. The van der Waals surface area contributed by atoms with Crippen LogP contribution in [0.25, 0.3) is 0 Å². The number of carbonyl (C=O) groups is 1. The van der Waals surface area contributed by atoms with E-state index in [1.165, 1.54) is 0 Å². The van der Waals surface area contributed by atoms with Crippen LogP contribution < -0.4 is 9.64 Å². The first-order valence-electron chi connectivity index (χ1n) is 12.0. The van der Waals surface area contributed by atoms with Crippen LogP contribution >= 0.6 is 0 Å². The van der Waals surface area contributed by atoms with Crippen LogP contribution in [0.2, 0.25) is 0 Å². The van der Waals surface area contributed by atoms with Crippen molar-refractivity contribution in [2.45, 2.75) is 52.7 Å². The molecule has 1 aromatic heterocycles. The highest BCUT2D eigenvalue weighted by atomic mass is 16.5. The first-order valence-corrected chi connectivity index (χ1v) is 12.0. The third-order valence-electron chi connectivity index (χ3n) is 6.61. The average molecular weight is 463 g/mol. The number of amides is 1. The molecule has 0 unspecified atom stereocenters. The van der Waals surface area contributed by atoms with Gasteiger partial charge in [-0.1, -0.05) is 13.8 Å². The first kappa shape index (κ1) is 24.0. The van der Waals surface area contributed by atoms with Crippen LogP contribution in [0.5, 0.6) is 5.75 Å². The molecule has 0 N–H and O–H groups in total. The molecule has 34 heavy (non-hydrogen) atoms. The van der Waals surface area contributed by atoms with Crippen molar-refractivity contribution in [3.63, 3.8) is 0 Å². The van der Waals surface area contributed by atoms with Gasteiger partial charge in [0.15, 0.2) is 0 Å². The van der Waals surface area contributed by atoms with E-state index in [4.69, 9.17) is 14.5 Å². The quantitative estimate of drug-likeness (QED) is 0.669. The molecule has 0 atom stereocenters. The fourth-order valence-electron chi connectivity index (χ4n) is 4.76. The molecule has 180 valence electrons. The highest BCUT2D eigenvalue weighted by Crippen LogP contribution is 2.36. The monoisotopic (exact) mass is 462 g/mol. The highest BCUT2D eigenvalue weighted by Gasteiger charge is 2.34. The predicted octanol–water partition coefficient (Wildman–Crippen LogP) is 3.97. The van der Waals surface area contributed by atoms with E-state index in [1.54, 1.807) is 31.4 Å². The number of piperazine rings is 1. The Morgan fingerprint density at radius 3 is 2.44 bits per heavy atom. The molecule has 7 heteroatoms. The number of hydrogen-bond donors (Lipinski definition) is 0. The zero-order valence-electron chi connectivity index (χ0n) is 20.9. The van der Waals surface area contributed by atoms with Crippen LogP contribution in [0.4, 0.5) is 5.82 Å². The van der Waals surface area contributed by atoms with Gasteiger partial charge in [0.1, 0.15) is 17.6 Å². The molecule has 7 nitrogen and oxygen atoms in total. The van der Waals surface area contributed by atoms with Gasteiger partial charge in [-0.05, 0) is 56.0 Å². The molecule has 1 amide bonds. The van der Waals surface area contributed by atoms with Crippen molar-refractivity contribution in [1.29, 1.82) is 5.26 Å². The van der Waals surface area contributed by atoms with Gasteiger partial charge in [-0.15, -0.1) is 0 Å². The number of pyridine rings is 1. The second-order valence-electron chi connectivity index (χ2n) is 10.2. The molecule has 3 heterocycles. The maximum atomic E-state index is 13.0. The number of hydrogen-bond acceptors (Lipinski definition) is 6. The van der Waals surface area contributed by atoms with Crippen molar-refractivity contribution < 1.29 is 14.3 Å². The van der Waals surface area contributed by atoms with E-state index in [0.29, 0.717) is 56.3 Å². The number of benzene rings is 1. The number of carbonyl (C=O) groups excluding carboxylic acids is 1. The van der Waals surface area contributed by atoms with Gasteiger partial charge in [-0.25, -0.2) is 4.98 Å². The Bertz CT molecular complexity index is 1090. The molecule has 1 saturated heterocycles. The summed E-state index contributed by atoms with van der Waals surface area (Å²) in [6.07, 6.45) is 1.54. The number of nitrogens with zero attached hydrogens (tertiary/aromatic N) is 4. The van der Waals surface area contributed by atoms with Gasteiger partial charge >= 0.3 is 0 Å². The van der Waals surface area contributed by atoms with Gasteiger partial charge in [0.25, 0.3) is 5.91 Å². The van der Waals surface area contributed by atoms with Crippen molar-refractivity contribution >= 4 is 11.7 Å². The van der Waals surface area contributed by atoms with E-state index in [2.05, 4.69) is 38.7 Å². The van der Waals surface area contributed by atoms with Crippen molar-refractivity contribution in [1.82, 2.24) is 9.88 Å². The second-order valence-corrected chi connectivity index (χ2v) is 10.2. The minimum atomic E-state index is -0.310. The van der Waals surface area contributed by atoms with Crippen LogP contribution in [0.3, 0.4) is 0 Å². The number of ether oxygens (including phenoxy) is 2. The van der Waals surface area contributed by atoms with Crippen LogP contribution in [-0.4, -0.2) is 54.7 Å². The summed E-state index contributed by atoms with van der Waals surface area (Å²) >= 11 is 0. The minimum Gasteiger partial charge on any atom is -0.497 e. The number of fused-ring (bicyclic) bond motifs is 1. The molecule has 0 radical (unpaired) electrons. The third kappa shape index (κ3) is 4.88. The van der Waals surface area contributed by atoms with Gasteiger partial charge < -0.3 is 19.3 Å². The Kier molecular flexibility index (Phi) is 6.81. The molecule has 1 fully saturated rings. The summed E-state index contributed by atoms with van der Waals surface area (Å²) in [7, 11) is 1.61. The SMILES string of the molecule is COc1ccc(C(=O)N2CCN(c3nc(CC(C)C)c4c(c3C#N)CC(C)(C)OC4)CC2)cc1. The normalized spacial score (nSPS) is 17.3. The molecule has 2 aliphatic heterocycles. The minimum absolute atomic E-state index is 0.0144. The molecule has 0 bridgehead atoms. The topological polar surface area (TPSA) is 78.7 Å². The summed E-state index contributed by atoms with van der Waals surface area (Å²) < 4.78 is 11.3. The van der Waals surface area contributed by atoms with E-state index in [0.717, 1.165) is 34.8 Å². The smallest absolute Gasteiger partial charge is 0.253 e. The Balaban J connectivity index is 1.58. The molecule has 2 aromatic rings. The van der Waals surface area contributed by atoms with Crippen molar-refractivity contribution in [2.75, 3.05) is 38.2 Å². The van der Waals surface area contributed by atoms with Gasteiger partial charge in [-0.3, -0.25) is 4.79 Å². The second kappa shape index (κ2) is 9.63. The van der Waals surface area contributed by atoms with Crippen LogP contribution in [0, 0.1) is 17.2 Å². The maximum absolute atomic E-state index is 13.0. The largest absolute Gasteiger partial charge is 0.497 e. The van der Waals surface area contributed by atoms with Gasteiger partial charge in [0, 0.05) is 49.4 Å². The lowest BCUT2D eigenvalue weighted by Gasteiger charge is -2.38. The van der Waals surface area contributed by atoms with Gasteiger partial charge in [0.2, 0.25) is 0 Å². The van der Waals surface area contributed by atoms with E-state index in [9.17, 15) is 10.1 Å². The van der Waals surface area contributed by atoms with E-state index >= 15 is 0 Å². The van der Waals surface area contributed by atoms with Crippen molar-refractivity contribution in [3.05, 3.63) is 52.2 Å². The summed E-state index contributed by atoms with van der Waals surface area (Å²) in [5, 5.41) is 10.1. The lowest BCUT2D eigenvalue weighted by molar-refractivity contribution is -0.0407. The predicted molar refractivity (Wildman–Crippen MR) is 131 cm³/mol. The lowest BCUT2D eigenvalue weighted by Crippen LogP contribution is -2.49. The number of aromatic nitrogens is 1. The molecule has 0 saturated carbocycles. The number of nitriles is 1. The van der Waals surface area contributed by atoms with Crippen LogP contribution in [-0.2, 0) is 24.2 Å². The van der Waals surface area contributed by atoms with Gasteiger partial charge in [0.05, 0.1) is 24.9 Å². The van der Waals surface area contributed by atoms with Gasteiger partial charge in [-0.2, -0.15) is 5.26 Å². The lowest BCUT2D eigenvalue weighted by atomic mass is 9.86. The fraction of sp³-hybridized carbons (Fsp3) is 0.519. The number of methoxy groups -OCH3 is 1. The Morgan fingerprint density at radius 2 is 1.85 bits per heavy atom. The summed E-state index contributed by atoms with van der Waals surface area (Å²) in [6.45, 7) is 11.5. The third-order valence-corrected chi connectivity index (χ3v) is 6.61. The molecule has 0 aliphatic carbocycles. The molecule has 1 aromatic carbocycles. The summed E-state index contributed by atoms with van der Waals surface area (Å²) in [5.41, 5.74) is 4.20. The molecular weight excluding hydrogens is 428 g/mol. The molecule has 4 rings (SSSR count). The van der Waals surface area contributed by atoms with Crippen molar-refractivity contribution in [3.8, 4) is 11.8 Å². The Labute approximate surface area is 202 Å². The van der Waals surface area contributed by atoms with Crippen molar-refractivity contribution in [2.24, 2.45) is 5.92 Å². The summed E-state index contributed by atoms with van der Waals surface area (Å²) in [4.78, 5) is 22.0. The zero-order chi connectivity index (χ0) is 24.5. The Morgan fingerprint density at radius 1 is 1.18 bits per heavy atom. The van der Waals surface area contributed by atoms with E-state index < -0.39 is 0 Å². The number of anilines is 1. The highest BCUT2D eigenvalue weighted by molar-refractivity contribution is 5.94. The first-order chi connectivity index (χ1) is 16.2. The summed E-state index contributed by atoms with van der Waals surface area (Å²) in [5.74, 6) is 1.95.